The number of halogens is 5. The molecular formula is C18H14Cl2F3N3O. The zero-order chi connectivity index (χ0) is 19.6. The number of carbonyl (C=O) groups excluding carboxylic acids is 1. The van der Waals surface area contributed by atoms with E-state index >= 15 is 0 Å². The summed E-state index contributed by atoms with van der Waals surface area (Å²) < 4.78 is 41.2. The minimum atomic E-state index is -4.63. The van der Waals surface area contributed by atoms with E-state index in [0.717, 1.165) is 11.1 Å². The number of carbonyl (C=O) groups is 1. The Balaban J connectivity index is 2.09. The van der Waals surface area contributed by atoms with Crippen LogP contribution in [0.3, 0.4) is 0 Å². The van der Waals surface area contributed by atoms with Gasteiger partial charge in [0.05, 0.1) is 17.8 Å². The van der Waals surface area contributed by atoms with Crippen LogP contribution in [0.25, 0.3) is 0 Å². The van der Waals surface area contributed by atoms with Crippen LogP contribution in [0.5, 0.6) is 0 Å². The highest BCUT2D eigenvalue weighted by molar-refractivity contribution is 6.30. The van der Waals surface area contributed by atoms with E-state index in [9.17, 15) is 18.0 Å². The molecule has 0 radical (unpaired) electrons. The largest absolute Gasteiger partial charge is 0.416 e. The molecule has 0 fully saturated rings. The van der Waals surface area contributed by atoms with Crippen molar-refractivity contribution in [2.24, 2.45) is 5.10 Å². The van der Waals surface area contributed by atoms with Crippen molar-refractivity contribution >= 4 is 41.1 Å². The fraction of sp³-hybridized carbons (Fsp3) is 0.222. The molecule has 27 heavy (non-hydrogen) atoms. The van der Waals surface area contributed by atoms with Crippen LogP contribution in [0.4, 0.5) is 23.7 Å². The van der Waals surface area contributed by atoms with Gasteiger partial charge in [0.25, 0.3) is 0 Å². The van der Waals surface area contributed by atoms with Gasteiger partial charge in [0.1, 0.15) is 0 Å². The van der Waals surface area contributed by atoms with Crippen molar-refractivity contribution < 1.29 is 18.0 Å². The van der Waals surface area contributed by atoms with Crippen LogP contribution in [0.15, 0.2) is 47.6 Å². The van der Waals surface area contributed by atoms with E-state index in [1.807, 2.05) is 0 Å². The van der Waals surface area contributed by atoms with Crippen LogP contribution in [0, 0.1) is 0 Å². The van der Waals surface area contributed by atoms with E-state index < -0.39 is 23.7 Å². The summed E-state index contributed by atoms with van der Waals surface area (Å²) in [5, 5.41) is 7.71. The van der Waals surface area contributed by atoms with Crippen molar-refractivity contribution in [2.45, 2.75) is 12.1 Å². The van der Waals surface area contributed by atoms with Crippen LogP contribution in [0.1, 0.15) is 22.6 Å². The van der Waals surface area contributed by atoms with Gasteiger partial charge in [-0.3, -0.25) is 0 Å². The molecule has 0 aliphatic carbocycles. The van der Waals surface area contributed by atoms with Crippen LogP contribution >= 0.6 is 23.2 Å². The second-order valence-electron chi connectivity index (χ2n) is 5.82. The Morgan fingerprint density at radius 2 is 1.89 bits per heavy atom. The molecule has 0 spiro atoms. The van der Waals surface area contributed by atoms with Gasteiger partial charge in [-0.1, -0.05) is 29.8 Å². The summed E-state index contributed by atoms with van der Waals surface area (Å²) in [5.74, 6) is -0.736. The maximum atomic E-state index is 13.7. The smallest absolute Gasteiger partial charge is 0.331 e. The average Bonchev–Trinajstić information content (AvgIpc) is 2.64. The number of urea groups is 1. The standard InChI is InChI=1S/C18H14Cl2F3N3O/c19-10-15(11-1-3-12(20)4-2-11)14-6-5-13(9-16(14)18(21,22)23)26-17(27)24-7-8-25-26/h1-6,8-9,15H,7,10H2,(H,24,27). The number of hydrogen-bond donors (Lipinski definition) is 1. The Bertz CT molecular complexity index is 869. The lowest BCUT2D eigenvalue weighted by atomic mass is 9.89. The highest BCUT2D eigenvalue weighted by Crippen LogP contribution is 2.40. The molecule has 4 nitrogen and oxygen atoms in total. The van der Waals surface area contributed by atoms with Crippen LogP contribution < -0.4 is 10.3 Å². The van der Waals surface area contributed by atoms with Crippen molar-refractivity contribution in [2.75, 3.05) is 17.4 Å². The quantitative estimate of drug-likeness (QED) is 0.681. The van der Waals surface area contributed by atoms with Gasteiger partial charge in [0, 0.05) is 23.0 Å². The number of nitrogens with zero attached hydrogens (tertiary/aromatic N) is 2. The molecule has 0 saturated carbocycles. The lowest BCUT2D eigenvalue weighted by Crippen LogP contribution is -2.41. The van der Waals surface area contributed by atoms with Crippen molar-refractivity contribution in [1.82, 2.24) is 5.32 Å². The highest BCUT2D eigenvalue weighted by Gasteiger charge is 2.36. The van der Waals surface area contributed by atoms with E-state index in [1.165, 1.54) is 18.3 Å². The molecule has 142 valence electrons. The first-order valence-electron chi connectivity index (χ1n) is 7.94. The number of benzene rings is 2. The topological polar surface area (TPSA) is 44.7 Å². The first kappa shape index (κ1) is 19.5. The van der Waals surface area contributed by atoms with Crippen LogP contribution in [-0.4, -0.2) is 24.7 Å². The number of hydrazone groups is 1. The molecule has 9 heteroatoms. The van der Waals surface area contributed by atoms with E-state index in [1.54, 1.807) is 24.3 Å². The molecule has 1 N–H and O–H groups in total. The van der Waals surface area contributed by atoms with Gasteiger partial charge in [-0.2, -0.15) is 23.3 Å². The summed E-state index contributed by atoms with van der Waals surface area (Å²) in [6.07, 6.45) is -3.23. The average molecular weight is 416 g/mol. The first-order chi connectivity index (χ1) is 12.8. The van der Waals surface area contributed by atoms with Crippen molar-refractivity contribution in [3.63, 3.8) is 0 Å². The summed E-state index contributed by atoms with van der Waals surface area (Å²) in [5.41, 5.74) is -0.218. The number of rotatable bonds is 4. The Labute approximate surface area is 163 Å². The van der Waals surface area contributed by atoms with Crippen molar-refractivity contribution in [3.05, 3.63) is 64.2 Å². The molecule has 0 bridgehead atoms. The Kier molecular flexibility index (Phi) is 5.62. The third-order valence-electron chi connectivity index (χ3n) is 4.12. The summed E-state index contributed by atoms with van der Waals surface area (Å²) >= 11 is 11.9. The normalized spacial score (nSPS) is 15.6. The van der Waals surface area contributed by atoms with Gasteiger partial charge in [0.2, 0.25) is 0 Å². The first-order valence-corrected chi connectivity index (χ1v) is 8.85. The summed E-state index contributed by atoms with van der Waals surface area (Å²) in [6, 6.07) is 9.56. The molecule has 1 unspecified atom stereocenters. The third kappa shape index (κ3) is 4.20. The molecule has 2 aromatic carbocycles. The van der Waals surface area contributed by atoms with Gasteiger partial charge in [0.15, 0.2) is 0 Å². The van der Waals surface area contributed by atoms with Crippen LogP contribution in [-0.2, 0) is 6.18 Å². The SMILES string of the molecule is O=C1NCC=NN1c1ccc(C(CCl)c2ccc(Cl)cc2)c(C(F)(F)F)c1. The fourth-order valence-corrected chi connectivity index (χ4v) is 3.31. The lowest BCUT2D eigenvalue weighted by molar-refractivity contribution is -0.138. The molecule has 1 atom stereocenters. The number of hydrogen-bond acceptors (Lipinski definition) is 2. The minimum Gasteiger partial charge on any atom is -0.331 e. The Morgan fingerprint density at radius 3 is 2.48 bits per heavy atom. The highest BCUT2D eigenvalue weighted by atomic mass is 35.5. The zero-order valence-corrected chi connectivity index (χ0v) is 15.3. The molecule has 3 rings (SSSR count). The van der Waals surface area contributed by atoms with E-state index in [0.29, 0.717) is 10.6 Å². The molecule has 0 saturated heterocycles. The predicted octanol–water partition coefficient (Wildman–Crippen LogP) is 5.24. The van der Waals surface area contributed by atoms with Gasteiger partial charge in [-0.05, 0) is 35.4 Å². The van der Waals surface area contributed by atoms with Gasteiger partial charge >= 0.3 is 12.2 Å². The maximum absolute atomic E-state index is 13.7. The molecule has 2 amide bonds. The second kappa shape index (κ2) is 7.78. The van der Waals surface area contributed by atoms with Crippen LogP contribution in [0.2, 0.25) is 5.02 Å². The lowest BCUT2D eigenvalue weighted by Gasteiger charge is -2.25. The molecule has 2 aromatic rings. The molecular weight excluding hydrogens is 402 g/mol. The van der Waals surface area contributed by atoms with Gasteiger partial charge in [-0.15, -0.1) is 11.6 Å². The maximum Gasteiger partial charge on any atom is 0.416 e. The van der Waals surface area contributed by atoms with E-state index in [4.69, 9.17) is 23.2 Å². The summed E-state index contributed by atoms with van der Waals surface area (Å²) in [6.45, 7) is 0.227. The van der Waals surface area contributed by atoms with Gasteiger partial charge < -0.3 is 5.32 Å². The number of alkyl halides is 4. The molecule has 0 aromatic heterocycles. The number of amides is 2. The number of anilines is 1. The van der Waals surface area contributed by atoms with E-state index in [2.05, 4.69) is 10.4 Å². The predicted molar refractivity (Wildman–Crippen MR) is 99.8 cm³/mol. The Hall–Kier alpha value is -2.25. The summed E-state index contributed by atoms with van der Waals surface area (Å²) in [7, 11) is 0. The monoisotopic (exact) mass is 415 g/mol. The minimum absolute atomic E-state index is 0.0175. The molecule has 1 heterocycles. The second-order valence-corrected chi connectivity index (χ2v) is 6.57. The number of nitrogens with one attached hydrogen (secondary N) is 1. The molecule has 1 aliphatic rings. The zero-order valence-electron chi connectivity index (χ0n) is 13.8. The molecule has 1 aliphatic heterocycles. The third-order valence-corrected chi connectivity index (χ3v) is 4.68. The van der Waals surface area contributed by atoms with E-state index in [-0.39, 0.29) is 23.7 Å². The fourth-order valence-electron chi connectivity index (χ4n) is 2.84. The van der Waals surface area contributed by atoms with Crippen molar-refractivity contribution in [3.8, 4) is 0 Å². The Morgan fingerprint density at radius 1 is 1.19 bits per heavy atom. The summed E-state index contributed by atoms with van der Waals surface area (Å²) in [4.78, 5) is 11.9. The van der Waals surface area contributed by atoms with Crippen molar-refractivity contribution in [1.29, 1.82) is 0 Å². The van der Waals surface area contributed by atoms with Gasteiger partial charge in [-0.25, -0.2) is 4.79 Å².